The predicted octanol–water partition coefficient (Wildman–Crippen LogP) is 4.15. The summed E-state index contributed by atoms with van der Waals surface area (Å²) in [4.78, 5) is 0. The highest BCUT2D eigenvalue weighted by atomic mass is 79.9. The molecule has 0 saturated heterocycles. The van der Waals surface area contributed by atoms with Crippen LogP contribution in [0.5, 0.6) is 0 Å². The van der Waals surface area contributed by atoms with Gasteiger partial charge in [-0.1, -0.05) is 33.6 Å². The van der Waals surface area contributed by atoms with Crippen molar-refractivity contribution in [2.24, 2.45) is 0 Å². The van der Waals surface area contributed by atoms with Gasteiger partial charge in [0.25, 0.3) is 0 Å². The highest BCUT2D eigenvalue weighted by molar-refractivity contribution is 9.10. The first-order chi connectivity index (χ1) is 7.63. The van der Waals surface area contributed by atoms with Crippen molar-refractivity contribution in [2.75, 3.05) is 12.0 Å². The fourth-order valence-electron chi connectivity index (χ4n) is 1.51. The third kappa shape index (κ3) is 5.09. The summed E-state index contributed by atoms with van der Waals surface area (Å²) in [5.41, 5.74) is 1.02. The summed E-state index contributed by atoms with van der Waals surface area (Å²) in [5.74, 6) is 1.10. The Kier molecular flexibility index (Phi) is 6.81. The van der Waals surface area contributed by atoms with Gasteiger partial charge in [-0.05, 0) is 49.0 Å². The quantitative estimate of drug-likeness (QED) is 0.794. The molecule has 0 spiro atoms. The molecule has 0 aliphatic carbocycles. The Morgan fingerprint density at radius 2 is 2.25 bits per heavy atom. The molecule has 4 heteroatoms. The Labute approximate surface area is 115 Å². The number of rotatable bonds is 6. The molecule has 0 amide bonds. The topological polar surface area (TPSA) is 20.2 Å². The van der Waals surface area contributed by atoms with Gasteiger partial charge in [-0.2, -0.15) is 11.8 Å². The van der Waals surface area contributed by atoms with E-state index in [1.807, 2.05) is 30.0 Å². The Balaban J connectivity index is 2.46. The first kappa shape index (κ1) is 14.4. The van der Waals surface area contributed by atoms with Crippen LogP contribution in [0.3, 0.4) is 0 Å². The maximum Gasteiger partial charge on any atom is 0.0581 e. The molecule has 1 aromatic carbocycles. The Bertz CT molecular complexity index is 333. The molecule has 1 aromatic rings. The number of benzene rings is 1. The second-order valence-electron chi connectivity index (χ2n) is 3.73. The third-order valence-electron chi connectivity index (χ3n) is 2.36. The van der Waals surface area contributed by atoms with Crippen LogP contribution in [0.25, 0.3) is 0 Å². The Morgan fingerprint density at radius 3 is 2.88 bits per heavy atom. The van der Waals surface area contributed by atoms with Crippen molar-refractivity contribution in [1.29, 1.82) is 0 Å². The van der Waals surface area contributed by atoms with E-state index in [0.717, 1.165) is 33.7 Å². The summed E-state index contributed by atoms with van der Waals surface area (Å²) in [7, 11) is 0. The van der Waals surface area contributed by atoms with Crippen molar-refractivity contribution in [3.63, 3.8) is 0 Å². The number of aliphatic hydroxyl groups is 1. The first-order valence-electron chi connectivity index (χ1n) is 5.24. The van der Waals surface area contributed by atoms with Crippen molar-refractivity contribution in [3.8, 4) is 0 Å². The van der Waals surface area contributed by atoms with Crippen molar-refractivity contribution >= 4 is 39.3 Å². The molecule has 1 nitrogen and oxygen atoms in total. The first-order valence-corrected chi connectivity index (χ1v) is 7.81. The van der Waals surface area contributed by atoms with Crippen LogP contribution in [0, 0.1) is 0 Å². The third-order valence-corrected chi connectivity index (χ3v) is 3.90. The van der Waals surface area contributed by atoms with Gasteiger partial charge in [-0.25, -0.2) is 0 Å². The smallest absolute Gasteiger partial charge is 0.0581 e. The van der Waals surface area contributed by atoms with Crippen LogP contribution in [-0.2, 0) is 6.42 Å². The minimum Gasteiger partial charge on any atom is -0.393 e. The summed E-state index contributed by atoms with van der Waals surface area (Å²) < 4.78 is 0.970. The molecular formula is C12H16BrClOS. The fourth-order valence-corrected chi connectivity index (χ4v) is 2.71. The Hall–Kier alpha value is 0.300. The summed E-state index contributed by atoms with van der Waals surface area (Å²) in [6.45, 7) is 0. The van der Waals surface area contributed by atoms with Gasteiger partial charge >= 0.3 is 0 Å². The molecule has 0 aliphatic heterocycles. The van der Waals surface area contributed by atoms with Crippen molar-refractivity contribution in [1.82, 2.24) is 0 Å². The second kappa shape index (κ2) is 7.59. The molecule has 1 rings (SSSR count). The van der Waals surface area contributed by atoms with Gasteiger partial charge in [0.1, 0.15) is 0 Å². The van der Waals surface area contributed by atoms with Crippen LogP contribution >= 0.6 is 39.3 Å². The highest BCUT2D eigenvalue weighted by Gasteiger charge is 2.08. The zero-order valence-corrected chi connectivity index (χ0v) is 12.4. The minimum atomic E-state index is -0.286. The Morgan fingerprint density at radius 1 is 1.50 bits per heavy atom. The molecule has 0 aromatic heterocycles. The lowest BCUT2D eigenvalue weighted by molar-refractivity contribution is 0.164. The molecule has 16 heavy (non-hydrogen) atoms. The monoisotopic (exact) mass is 322 g/mol. The van der Waals surface area contributed by atoms with Crippen molar-refractivity contribution in [3.05, 3.63) is 33.3 Å². The van der Waals surface area contributed by atoms with E-state index in [-0.39, 0.29) is 6.10 Å². The number of thioether (sulfide) groups is 1. The molecule has 1 unspecified atom stereocenters. The van der Waals surface area contributed by atoms with Crippen molar-refractivity contribution < 1.29 is 5.11 Å². The summed E-state index contributed by atoms with van der Waals surface area (Å²) >= 11 is 11.3. The lowest BCUT2D eigenvalue weighted by Crippen LogP contribution is -2.11. The summed E-state index contributed by atoms with van der Waals surface area (Å²) in [5, 5.41) is 10.6. The second-order valence-corrected chi connectivity index (χ2v) is 6.04. The number of hydrogen-bond acceptors (Lipinski definition) is 2. The van der Waals surface area contributed by atoms with Crippen molar-refractivity contribution in [2.45, 2.75) is 25.4 Å². The lowest BCUT2D eigenvalue weighted by Gasteiger charge is -2.11. The van der Waals surface area contributed by atoms with Crippen LogP contribution in [0.4, 0.5) is 0 Å². The van der Waals surface area contributed by atoms with Gasteiger partial charge in [-0.15, -0.1) is 0 Å². The number of hydrogen-bond donors (Lipinski definition) is 1. The van der Waals surface area contributed by atoms with Gasteiger partial charge in [0.05, 0.1) is 6.10 Å². The predicted molar refractivity (Wildman–Crippen MR) is 76.5 cm³/mol. The van der Waals surface area contributed by atoms with Crippen LogP contribution in [0.15, 0.2) is 22.7 Å². The van der Waals surface area contributed by atoms with E-state index in [2.05, 4.69) is 22.2 Å². The molecule has 0 radical (unpaired) electrons. The van der Waals surface area contributed by atoms with Crippen LogP contribution < -0.4 is 0 Å². The molecular weight excluding hydrogens is 308 g/mol. The van der Waals surface area contributed by atoms with Gasteiger partial charge < -0.3 is 5.11 Å². The van der Waals surface area contributed by atoms with Crippen LogP contribution in [-0.4, -0.2) is 23.2 Å². The van der Waals surface area contributed by atoms with Gasteiger partial charge in [0, 0.05) is 9.50 Å². The van der Waals surface area contributed by atoms with Gasteiger partial charge in [-0.3, -0.25) is 0 Å². The van der Waals surface area contributed by atoms with E-state index in [4.69, 9.17) is 11.6 Å². The van der Waals surface area contributed by atoms with Gasteiger partial charge in [0.2, 0.25) is 0 Å². The van der Waals surface area contributed by atoms with E-state index >= 15 is 0 Å². The van der Waals surface area contributed by atoms with E-state index in [0.29, 0.717) is 6.42 Å². The van der Waals surface area contributed by atoms with Gasteiger partial charge in [0.15, 0.2) is 0 Å². The molecule has 0 fully saturated rings. The number of aliphatic hydroxyl groups excluding tert-OH is 1. The average molecular weight is 324 g/mol. The zero-order chi connectivity index (χ0) is 12.0. The summed E-state index contributed by atoms with van der Waals surface area (Å²) in [6, 6.07) is 5.78. The largest absolute Gasteiger partial charge is 0.393 e. The van der Waals surface area contributed by atoms with E-state index in [1.165, 1.54) is 0 Å². The molecule has 1 atom stereocenters. The number of halogens is 2. The maximum absolute atomic E-state index is 9.84. The highest BCUT2D eigenvalue weighted by Crippen LogP contribution is 2.23. The fraction of sp³-hybridized carbons (Fsp3) is 0.500. The van der Waals surface area contributed by atoms with E-state index < -0.39 is 0 Å². The molecule has 0 heterocycles. The molecule has 0 saturated carbocycles. The van der Waals surface area contributed by atoms with Crippen LogP contribution in [0.2, 0.25) is 5.02 Å². The standard InChI is InChI=1S/C12H16BrClOS/c1-16-6-2-3-11(15)7-9-4-5-10(13)8-12(9)14/h4-5,8,11,15H,2-3,6-7H2,1H3. The maximum atomic E-state index is 9.84. The normalized spacial score (nSPS) is 12.8. The van der Waals surface area contributed by atoms with Crippen LogP contribution in [0.1, 0.15) is 18.4 Å². The SMILES string of the molecule is CSCCCC(O)Cc1ccc(Br)cc1Cl. The summed E-state index contributed by atoms with van der Waals surface area (Å²) in [6.07, 6.45) is 4.33. The van der Waals surface area contributed by atoms with E-state index in [1.54, 1.807) is 0 Å². The minimum absolute atomic E-state index is 0.286. The zero-order valence-electron chi connectivity index (χ0n) is 9.25. The average Bonchev–Trinajstić information content (AvgIpc) is 2.23. The molecule has 90 valence electrons. The molecule has 1 N–H and O–H groups in total. The molecule has 0 bridgehead atoms. The van der Waals surface area contributed by atoms with E-state index in [9.17, 15) is 5.11 Å². The lowest BCUT2D eigenvalue weighted by atomic mass is 10.0. The molecule has 0 aliphatic rings.